The molecule has 1 fully saturated rings. The number of aromatic amines is 1. The quantitative estimate of drug-likeness (QED) is 0.602. The maximum Gasteiger partial charge on any atom is 0.239 e. The third-order valence-electron chi connectivity index (χ3n) is 5.60. The molecule has 1 aromatic heterocycles. The summed E-state index contributed by atoms with van der Waals surface area (Å²) in [7, 11) is 0. The number of amides is 2. The van der Waals surface area contributed by atoms with Gasteiger partial charge in [-0.3, -0.25) is 9.59 Å². The highest BCUT2D eigenvalue weighted by atomic mass is 35.5. The van der Waals surface area contributed by atoms with Crippen molar-refractivity contribution in [1.29, 1.82) is 0 Å². The van der Waals surface area contributed by atoms with Crippen molar-refractivity contribution >= 4 is 40.0 Å². The van der Waals surface area contributed by atoms with Gasteiger partial charge in [-0.15, -0.1) is 0 Å². The van der Waals surface area contributed by atoms with E-state index >= 15 is 0 Å². The molecule has 0 aliphatic carbocycles. The van der Waals surface area contributed by atoms with E-state index in [-0.39, 0.29) is 11.8 Å². The molecule has 1 saturated heterocycles. The van der Waals surface area contributed by atoms with Crippen molar-refractivity contribution in [3.8, 4) is 0 Å². The molecule has 4 rings (SSSR count). The summed E-state index contributed by atoms with van der Waals surface area (Å²) < 4.78 is 0. The van der Waals surface area contributed by atoms with E-state index in [1.54, 1.807) is 4.90 Å². The lowest BCUT2D eigenvalue weighted by molar-refractivity contribution is -0.132. The van der Waals surface area contributed by atoms with E-state index in [0.29, 0.717) is 31.0 Å². The van der Waals surface area contributed by atoms with Gasteiger partial charge in [-0.05, 0) is 60.7 Å². The van der Waals surface area contributed by atoms with Crippen LogP contribution in [0.3, 0.4) is 0 Å². The van der Waals surface area contributed by atoms with E-state index in [1.165, 1.54) is 5.56 Å². The number of anilines is 1. The number of aromatic nitrogens is 1. The average Bonchev–Trinajstić information content (AvgIpc) is 3.31. The molecule has 1 unspecified atom stereocenters. The lowest BCUT2D eigenvalue weighted by atomic mass is 10.1. The highest BCUT2D eigenvalue weighted by molar-refractivity contribution is 6.31. The van der Waals surface area contributed by atoms with Crippen LogP contribution in [0.5, 0.6) is 0 Å². The topological polar surface area (TPSA) is 65.2 Å². The van der Waals surface area contributed by atoms with Crippen molar-refractivity contribution in [2.45, 2.75) is 26.2 Å². The van der Waals surface area contributed by atoms with Crippen molar-refractivity contribution in [2.24, 2.45) is 5.92 Å². The Morgan fingerprint density at radius 1 is 1.24 bits per heavy atom. The van der Waals surface area contributed by atoms with Gasteiger partial charge in [0.1, 0.15) is 5.92 Å². The molecule has 6 heteroatoms. The van der Waals surface area contributed by atoms with E-state index in [9.17, 15) is 9.59 Å². The number of hydrogen-bond acceptors (Lipinski definition) is 2. The van der Waals surface area contributed by atoms with Gasteiger partial charge in [0.15, 0.2) is 0 Å². The van der Waals surface area contributed by atoms with Crippen LogP contribution < -0.4 is 10.2 Å². The predicted octanol–water partition coefficient (Wildman–Crippen LogP) is 4.10. The molecular weight excluding hydrogens is 386 g/mol. The van der Waals surface area contributed by atoms with Crippen LogP contribution >= 0.6 is 11.6 Å². The Kier molecular flexibility index (Phi) is 5.58. The van der Waals surface area contributed by atoms with E-state index in [4.69, 9.17) is 11.6 Å². The van der Waals surface area contributed by atoms with Gasteiger partial charge in [0, 0.05) is 40.9 Å². The number of nitrogens with one attached hydrogen (secondary N) is 2. The van der Waals surface area contributed by atoms with Gasteiger partial charge in [-0.2, -0.15) is 0 Å². The Labute approximate surface area is 175 Å². The summed E-state index contributed by atoms with van der Waals surface area (Å²) >= 11 is 6.09. The van der Waals surface area contributed by atoms with Gasteiger partial charge in [-0.1, -0.05) is 30.7 Å². The van der Waals surface area contributed by atoms with Crippen LogP contribution in [0, 0.1) is 5.92 Å². The van der Waals surface area contributed by atoms with Crippen LogP contribution in [0.15, 0.2) is 48.7 Å². The molecule has 3 aromatic rings. The van der Waals surface area contributed by atoms with E-state index in [1.807, 2.05) is 48.7 Å². The van der Waals surface area contributed by atoms with Crippen molar-refractivity contribution < 1.29 is 9.59 Å². The minimum Gasteiger partial charge on any atom is -0.361 e. The van der Waals surface area contributed by atoms with Gasteiger partial charge in [0.2, 0.25) is 11.8 Å². The molecule has 2 heterocycles. The van der Waals surface area contributed by atoms with Crippen LogP contribution in [0.1, 0.15) is 24.5 Å². The van der Waals surface area contributed by atoms with E-state index in [0.717, 1.165) is 28.6 Å². The molecular formula is C23H24ClN3O2. The van der Waals surface area contributed by atoms with Gasteiger partial charge in [0.25, 0.3) is 0 Å². The maximum atomic E-state index is 12.8. The molecule has 0 spiro atoms. The van der Waals surface area contributed by atoms with Crippen LogP contribution in [0.2, 0.25) is 5.02 Å². The van der Waals surface area contributed by atoms with Crippen molar-refractivity contribution in [3.63, 3.8) is 0 Å². The van der Waals surface area contributed by atoms with E-state index < -0.39 is 5.92 Å². The fraction of sp³-hybridized carbons (Fsp3) is 0.304. The molecule has 29 heavy (non-hydrogen) atoms. The Hall–Kier alpha value is -2.79. The van der Waals surface area contributed by atoms with Gasteiger partial charge in [-0.25, -0.2) is 0 Å². The minimum atomic E-state index is -0.613. The van der Waals surface area contributed by atoms with Crippen molar-refractivity contribution in [3.05, 3.63) is 64.8 Å². The second-order valence-electron chi connectivity index (χ2n) is 7.40. The Balaban J connectivity index is 1.35. The average molecular weight is 410 g/mol. The zero-order chi connectivity index (χ0) is 20.4. The highest BCUT2D eigenvalue weighted by Crippen LogP contribution is 2.26. The molecule has 0 radical (unpaired) electrons. The Bertz CT molecular complexity index is 1040. The summed E-state index contributed by atoms with van der Waals surface area (Å²) in [4.78, 5) is 30.3. The molecule has 0 bridgehead atoms. The van der Waals surface area contributed by atoms with Crippen LogP contribution in [0.25, 0.3) is 10.9 Å². The molecule has 2 amide bonds. The number of aryl methyl sites for hydroxylation is 1. The minimum absolute atomic E-state index is 0.120. The number of carbonyl (C=O) groups is 2. The first-order valence-corrected chi connectivity index (χ1v) is 10.4. The predicted molar refractivity (Wildman–Crippen MR) is 116 cm³/mol. The first-order chi connectivity index (χ1) is 14.1. The third kappa shape index (κ3) is 4.01. The number of H-pyrrole nitrogens is 1. The summed E-state index contributed by atoms with van der Waals surface area (Å²) in [5.74, 6) is -0.926. The molecule has 5 nitrogen and oxygen atoms in total. The molecule has 1 atom stereocenters. The van der Waals surface area contributed by atoms with E-state index in [2.05, 4.69) is 17.2 Å². The lowest BCUT2D eigenvalue weighted by Gasteiger charge is -2.17. The van der Waals surface area contributed by atoms with Gasteiger partial charge >= 0.3 is 0 Å². The summed E-state index contributed by atoms with van der Waals surface area (Å²) in [5, 5.41) is 4.68. The zero-order valence-electron chi connectivity index (χ0n) is 16.4. The highest BCUT2D eigenvalue weighted by Gasteiger charge is 2.37. The second kappa shape index (κ2) is 8.29. The fourth-order valence-corrected chi connectivity index (χ4v) is 4.06. The van der Waals surface area contributed by atoms with Crippen LogP contribution in [-0.4, -0.2) is 29.9 Å². The zero-order valence-corrected chi connectivity index (χ0v) is 17.1. The number of fused-ring (bicyclic) bond motifs is 1. The number of hydrogen-bond donors (Lipinski definition) is 2. The monoisotopic (exact) mass is 409 g/mol. The van der Waals surface area contributed by atoms with Gasteiger partial charge in [0.05, 0.1) is 0 Å². The molecule has 150 valence electrons. The van der Waals surface area contributed by atoms with Crippen LogP contribution in [-0.2, 0) is 22.4 Å². The number of halogens is 1. The third-order valence-corrected chi connectivity index (χ3v) is 5.84. The first kappa shape index (κ1) is 19.5. The molecule has 1 aliphatic rings. The van der Waals surface area contributed by atoms with Gasteiger partial charge < -0.3 is 15.2 Å². The molecule has 2 aromatic carbocycles. The fourth-order valence-electron chi connectivity index (χ4n) is 3.89. The molecule has 0 saturated carbocycles. The first-order valence-electron chi connectivity index (χ1n) is 10.0. The largest absolute Gasteiger partial charge is 0.361 e. The second-order valence-corrected chi connectivity index (χ2v) is 7.83. The Morgan fingerprint density at radius 2 is 2.03 bits per heavy atom. The van der Waals surface area contributed by atoms with Crippen molar-refractivity contribution in [2.75, 3.05) is 18.0 Å². The number of rotatable bonds is 6. The number of benzene rings is 2. The summed E-state index contributed by atoms with van der Waals surface area (Å²) in [6, 6.07) is 13.7. The SMILES string of the molecule is CCc1ccc(N2CCC(C(=O)NCCc3c[nH]c4ccc(Cl)cc34)C2=O)cc1. The summed E-state index contributed by atoms with van der Waals surface area (Å²) in [6.07, 6.45) is 4.12. The smallest absolute Gasteiger partial charge is 0.239 e. The summed E-state index contributed by atoms with van der Waals surface area (Å²) in [5.41, 5.74) is 4.20. The standard InChI is InChI=1S/C23H24ClN3O2/c1-2-15-3-6-18(7-4-15)27-12-10-19(23(27)29)22(28)25-11-9-16-14-26-21-8-5-17(24)13-20(16)21/h3-8,13-14,19,26H,2,9-12H2,1H3,(H,25,28). The van der Waals surface area contributed by atoms with Crippen molar-refractivity contribution in [1.82, 2.24) is 10.3 Å². The Morgan fingerprint density at radius 3 is 2.79 bits per heavy atom. The molecule has 2 N–H and O–H groups in total. The number of carbonyl (C=O) groups excluding carboxylic acids is 2. The van der Waals surface area contributed by atoms with Crippen LogP contribution in [0.4, 0.5) is 5.69 Å². The number of nitrogens with zero attached hydrogens (tertiary/aromatic N) is 1. The lowest BCUT2D eigenvalue weighted by Crippen LogP contribution is -2.37. The maximum absolute atomic E-state index is 12.8. The summed E-state index contributed by atoms with van der Waals surface area (Å²) in [6.45, 7) is 3.15. The molecule has 1 aliphatic heterocycles. The normalized spacial score (nSPS) is 16.6.